The standard InChI is InChI=1S/C30H21NO10/c1-3-4-5-6-12-9-11-10-13-21(24(36)16(11)29(40)31-12)30(28(39)25(13)41-2)26(37)19-20(27(30)38)23(35)18-15(33)8-7-14(32)17(18)22(19)34/h3-10,25,28,36-39H,1-2H3,(H,31,40)/b4-3+,6-5+. The van der Waals surface area contributed by atoms with E-state index in [1.54, 1.807) is 30.4 Å². The Kier molecular flexibility index (Phi) is 5.53. The third kappa shape index (κ3) is 3.06. The Bertz CT molecular complexity index is 2280. The van der Waals surface area contributed by atoms with Crippen molar-refractivity contribution in [2.45, 2.75) is 24.5 Å². The summed E-state index contributed by atoms with van der Waals surface area (Å²) < 4.78 is 5.48. The number of aromatic amines is 1. The van der Waals surface area contributed by atoms with Crippen LogP contribution in [0.25, 0.3) is 28.4 Å². The number of methoxy groups -OCH3 is 1. The summed E-state index contributed by atoms with van der Waals surface area (Å²) in [5, 5.41) is 43.1. The first-order chi connectivity index (χ1) is 19.5. The number of ether oxygens (including phenoxy) is 1. The average Bonchev–Trinajstić information content (AvgIpc) is 3.32. The van der Waals surface area contributed by atoms with Gasteiger partial charge in [0.2, 0.25) is 10.9 Å². The molecule has 1 heterocycles. The SMILES string of the molecule is C/C=C/C=C/c1cc2cc3c(c(O)c2c(=O)[nH]1)C1(C(O)=c2c(=O)c4c(=O)ccc(=O)c=4c(=O)c2=C1O)C(O)C3OC. The third-order valence-corrected chi connectivity index (χ3v) is 7.93. The molecule has 2 atom stereocenters. The zero-order valence-electron chi connectivity index (χ0n) is 21.5. The van der Waals surface area contributed by atoms with Gasteiger partial charge >= 0.3 is 0 Å². The van der Waals surface area contributed by atoms with Crippen LogP contribution in [0.4, 0.5) is 0 Å². The number of allylic oxidation sites excluding steroid dienone is 3. The quantitative estimate of drug-likeness (QED) is 0.200. The molecule has 2 unspecified atom stereocenters. The van der Waals surface area contributed by atoms with E-state index in [9.17, 15) is 44.4 Å². The predicted molar refractivity (Wildman–Crippen MR) is 148 cm³/mol. The molecule has 0 amide bonds. The molecule has 1 aromatic carbocycles. The van der Waals surface area contributed by atoms with Crippen LogP contribution in [0.2, 0.25) is 0 Å². The van der Waals surface area contributed by atoms with E-state index in [1.165, 1.54) is 13.2 Å². The molecule has 5 N–H and O–H groups in total. The maximum Gasteiger partial charge on any atom is 0.260 e. The van der Waals surface area contributed by atoms with Crippen molar-refractivity contribution in [3.05, 3.63) is 131 Å². The highest BCUT2D eigenvalue weighted by Crippen LogP contribution is 2.58. The fourth-order valence-electron chi connectivity index (χ4n) is 6.23. The maximum atomic E-state index is 13.5. The number of aliphatic hydroxyl groups excluding tert-OH is 3. The summed E-state index contributed by atoms with van der Waals surface area (Å²) in [6.07, 6.45) is 3.57. The van der Waals surface area contributed by atoms with Crippen molar-refractivity contribution in [3.63, 3.8) is 0 Å². The van der Waals surface area contributed by atoms with Crippen LogP contribution in [0.15, 0.2) is 66.5 Å². The summed E-state index contributed by atoms with van der Waals surface area (Å²) in [4.78, 5) is 67.8. The number of fused-ring (bicyclic) bond motifs is 4. The number of rotatable bonds is 3. The number of H-pyrrole nitrogens is 1. The molecule has 1 spiro atoms. The minimum Gasteiger partial charge on any atom is -0.510 e. The number of hydrogen-bond acceptors (Lipinski definition) is 10. The topological polar surface area (TPSA) is 191 Å². The Hall–Kier alpha value is -5.13. The van der Waals surface area contributed by atoms with Crippen molar-refractivity contribution in [1.82, 2.24) is 4.98 Å². The number of benzene rings is 1. The molecule has 0 aliphatic heterocycles. The summed E-state index contributed by atoms with van der Waals surface area (Å²) in [6.45, 7) is 1.81. The first kappa shape index (κ1) is 26.1. The van der Waals surface area contributed by atoms with Gasteiger partial charge in [0.15, 0.2) is 10.9 Å². The highest BCUT2D eigenvalue weighted by molar-refractivity contribution is 5.95. The van der Waals surface area contributed by atoms with Crippen molar-refractivity contribution in [2.24, 2.45) is 0 Å². The lowest BCUT2D eigenvalue weighted by Crippen LogP contribution is -2.51. The number of aliphatic hydroxyl groups is 3. The Morgan fingerprint density at radius 2 is 1.46 bits per heavy atom. The molecular formula is C30H21NO10. The van der Waals surface area contributed by atoms with Gasteiger partial charge in [-0.05, 0) is 48.2 Å². The Morgan fingerprint density at radius 1 is 0.878 bits per heavy atom. The molecule has 4 aliphatic carbocycles. The van der Waals surface area contributed by atoms with Gasteiger partial charge < -0.3 is 30.1 Å². The van der Waals surface area contributed by atoms with Gasteiger partial charge in [0.1, 0.15) is 34.9 Å². The summed E-state index contributed by atoms with van der Waals surface area (Å²) in [7, 11) is 1.22. The van der Waals surface area contributed by atoms with E-state index in [0.717, 1.165) is 12.1 Å². The Balaban J connectivity index is 1.82. The second-order valence-corrected chi connectivity index (χ2v) is 9.92. The van der Waals surface area contributed by atoms with Gasteiger partial charge in [-0.1, -0.05) is 18.2 Å². The molecule has 206 valence electrons. The lowest BCUT2D eigenvalue weighted by atomic mass is 9.76. The lowest BCUT2D eigenvalue weighted by Gasteiger charge is -2.31. The molecular weight excluding hydrogens is 534 g/mol. The first-order valence-electron chi connectivity index (χ1n) is 12.4. The number of phenolic OH excluding ortho intramolecular Hbond substituents is 1. The predicted octanol–water partition coefficient (Wildman–Crippen LogP) is -0.790. The number of pyridine rings is 1. The van der Waals surface area contributed by atoms with E-state index in [4.69, 9.17) is 4.74 Å². The minimum absolute atomic E-state index is 0.0587. The molecule has 2 aromatic rings. The van der Waals surface area contributed by atoms with Gasteiger partial charge in [-0.25, -0.2) is 0 Å². The van der Waals surface area contributed by atoms with Crippen molar-refractivity contribution >= 4 is 28.4 Å². The number of hydrogen-bond donors (Lipinski definition) is 5. The van der Waals surface area contributed by atoms with E-state index in [1.807, 2.05) is 6.92 Å². The van der Waals surface area contributed by atoms with Gasteiger partial charge in [-0.3, -0.25) is 24.0 Å². The van der Waals surface area contributed by atoms with Crippen LogP contribution >= 0.6 is 0 Å². The van der Waals surface area contributed by atoms with E-state index < -0.39 is 83.0 Å². The Morgan fingerprint density at radius 3 is 2.00 bits per heavy atom. The zero-order valence-corrected chi connectivity index (χ0v) is 21.5. The second-order valence-electron chi connectivity index (χ2n) is 9.92. The van der Waals surface area contributed by atoms with Crippen molar-refractivity contribution in [3.8, 4) is 5.75 Å². The van der Waals surface area contributed by atoms with Crippen LogP contribution in [-0.2, 0) is 10.2 Å². The number of phenols is 1. The van der Waals surface area contributed by atoms with Gasteiger partial charge in [-0.15, -0.1) is 0 Å². The molecule has 0 fully saturated rings. The van der Waals surface area contributed by atoms with Crippen LogP contribution in [0.5, 0.6) is 5.75 Å². The van der Waals surface area contributed by atoms with Crippen LogP contribution in [0.3, 0.4) is 0 Å². The van der Waals surface area contributed by atoms with Crippen LogP contribution in [-0.4, -0.2) is 38.6 Å². The smallest absolute Gasteiger partial charge is 0.260 e. The monoisotopic (exact) mass is 555 g/mol. The molecule has 11 heteroatoms. The van der Waals surface area contributed by atoms with Crippen molar-refractivity contribution < 1.29 is 25.2 Å². The summed E-state index contributed by atoms with van der Waals surface area (Å²) in [5.41, 5.74) is -7.50. The van der Waals surface area contributed by atoms with E-state index in [0.29, 0.717) is 5.69 Å². The molecule has 0 saturated carbocycles. The summed E-state index contributed by atoms with van der Waals surface area (Å²) in [5.74, 6) is -2.81. The minimum atomic E-state index is -2.53. The van der Waals surface area contributed by atoms with Crippen LogP contribution in [0, 0.1) is 10.4 Å². The second kappa shape index (κ2) is 8.68. The zero-order chi connectivity index (χ0) is 29.5. The number of aromatic hydroxyl groups is 1. The highest BCUT2D eigenvalue weighted by Gasteiger charge is 2.62. The van der Waals surface area contributed by atoms with Crippen molar-refractivity contribution in [1.29, 1.82) is 0 Å². The van der Waals surface area contributed by atoms with Crippen molar-refractivity contribution in [2.75, 3.05) is 7.11 Å². The first-order valence-corrected chi connectivity index (χ1v) is 12.4. The summed E-state index contributed by atoms with van der Waals surface area (Å²) >= 11 is 0. The fraction of sp³-hybridized carbons (Fsp3) is 0.167. The van der Waals surface area contributed by atoms with Crippen LogP contribution < -0.4 is 37.7 Å². The number of nitrogens with one attached hydrogen (secondary N) is 1. The molecule has 0 radical (unpaired) electrons. The van der Waals surface area contributed by atoms with Gasteiger partial charge in [0.25, 0.3) is 5.56 Å². The van der Waals surface area contributed by atoms with Crippen LogP contribution in [0.1, 0.15) is 29.8 Å². The average molecular weight is 555 g/mol. The molecule has 1 aromatic heterocycles. The highest BCUT2D eigenvalue weighted by atomic mass is 16.5. The maximum absolute atomic E-state index is 13.5. The van der Waals surface area contributed by atoms with Gasteiger partial charge in [0, 0.05) is 18.4 Å². The molecule has 6 rings (SSSR count). The van der Waals surface area contributed by atoms with Gasteiger partial charge in [0.05, 0.1) is 26.3 Å². The Labute approximate surface area is 227 Å². The molecule has 11 nitrogen and oxygen atoms in total. The number of aromatic nitrogens is 1. The lowest BCUT2D eigenvalue weighted by molar-refractivity contribution is -0.0230. The van der Waals surface area contributed by atoms with E-state index in [-0.39, 0.29) is 21.9 Å². The van der Waals surface area contributed by atoms with E-state index >= 15 is 0 Å². The molecule has 0 bridgehead atoms. The molecule has 0 saturated heterocycles. The molecule has 41 heavy (non-hydrogen) atoms. The van der Waals surface area contributed by atoms with Gasteiger partial charge in [-0.2, -0.15) is 0 Å². The third-order valence-electron chi connectivity index (χ3n) is 7.93. The van der Waals surface area contributed by atoms with E-state index in [2.05, 4.69) is 4.98 Å². The largest absolute Gasteiger partial charge is 0.510 e. The fourth-order valence-corrected chi connectivity index (χ4v) is 6.23. The normalized spacial score (nSPS) is 19.4. The summed E-state index contributed by atoms with van der Waals surface area (Å²) in [6, 6.07) is 4.62. The molecule has 4 aliphatic rings.